The van der Waals surface area contributed by atoms with Gasteiger partial charge in [0, 0.05) is 18.1 Å². The Kier molecular flexibility index (Phi) is 2.15. The van der Waals surface area contributed by atoms with Crippen LogP contribution >= 0.6 is 0 Å². The number of hydrogen-bond donors (Lipinski definition) is 2. The number of amides is 1. The lowest BCUT2D eigenvalue weighted by atomic mass is 9.82. The fourth-order valence-electron chi connectivity index (χ4n) is 2.74. The van der Waals surface area contributed by atoms with Gasteiger partial charge in [-0.3, -0.25) is 0 Å². The number of nitrogens with two attached hydrogens (primary N) is 1. The molecule has 2 saturated heterocycles. The van der Waals surface area contributed by atoms with Crippen molar-refractivity contribution in [1.29, 1.82) is 0 Å². The molecule has 4 heteroatoms. The number of nitrogens with zero attached hydrogens (tertiary/aromatic N) is 1. The summed E-state index contributed by atoms with van der Waals surface area (Å²) in [5.74, 6) is 0. The fraction of sp³-hybridized carbons (Fsp3) is 0.889. The molecule has 0 aromatic rings. The third kappa shape index (κ3) is 1.50. The van der Waals surface area contributed by atoms with Gasteiger partial charge in [-0.25, -0.2) is 4.79 Å². The minimum atomic E-state index is -0.762. The smallest absolute Gasteiger partial charge is 0.407 e. The molecule has 0 radical (unpaired) electrons. The third-order valence-corrected chi connectivity index (χ3v) is 3.23. The van der Waals surface area contributed by atoms with E-state index in [-0.39, 0.29) is 18.1 Å². The molecule has 2 fully saturated rings. The van der Waals surface area contributed by atoms with Gasteiger partial charge in [-0.2, -0.15) is 0 Å². The Balaban J connectivity index is 2.14. The van der Waals surface area contributed by atoms with E-state index in [4.69, 9.17) is 10.8 Å². The van der Waals surface area contributed by atoms with Crippen molar-refractivity contribution in [1.82, 2.24) is 4.90 Å². The standard InChI is InChI=1S/C9H16N2O2/c10-6-4-7-2-1-3-8(5-6)11(7)9(12)13/h6-8H,1-5,10H2,(H,12,13)/t6-,7+,8-. The van der Waals surface area contributed by atoms with Crippen molar-refractivity contribution in [2.75, 3.05) is 0 Å². The molecule has 0 unspecified atom stereocenters. The van der Waals surface area contributed by atoms with Crippen LogP contribution in [-0.4, -0.2) is 34.2 Å². The van der Waals surface area contributed by atoms with Gasteiger partial charge in [-0.15, -0.1) is 0 Å². The van der Waals surface area contributed by atoms with Crippen LogP contribution in [0.15, 0.2) is 0 Å². The number of fused-ring (bicyclic) bond motifs is 2. The molecule has 1 amide bonds. The molecule has 0 aromatic carbocycles. The van der Waals surface area contributed by atoms with Crippen LogP contribution in [0.1, 0.15) is 32.1 Å². The van der Waals surface area contributed by atoms with Crippen LogP contribution in [0.3, 0.4) is 0 Å². The summed E-state index contributed by atoms with van der Waals surface area (Å²) in [5.41, 5.74) is 5.87. The number of rotatable bonds is 0. The maximum atomic E-state index is 11.0. The zero-order valence-corrected chi connectivity index (χ0v) is 7.65. The lowest BCUT2D eigenvalue weighted by Gasteiger charge is -2.46. The average Bonchev–Trinajstić information content (AvgIpc) is 2.01. The van der Waals surface area contributed by atoms with Crippen LogP contribution in [0.4, 0.5) is 4.79 Å². The minimum Gasteiger partial charge on any atom is -0.465 e. The Hall–Kier alpha value is -0.770. The highest BCUT2D eigenvalue weighted by Gasteiger charge is 2.39. The van der Waals surface area contributed by atoms with Crippen LogP contribution < -0.4 is 5.73 Å². The van der Waals surface area contributed by atoms with Crippen molar-refractivity contribution in [2.24, 2.45) is 5.73 Å². The van der Waals surface area contributed by atoms with Gasteiger partial charge in [0.25, 0.3) is 0 Å². The second-order valence-electron chi connectivity index (χ2n) is 4.16. The third-order valence-electron chi connectivity index (χ3n) is 3.23. The Bertz CT molecular complexity index is 206. The Morgan fingerprint density at radius 2 is 1.85 bits per heavy atom. The molecular weight excluding hydrogens is 168 g/mol. The summed E-state index contributed by atoms with van der Waals surface area (Å²) >= 11 is 0. The van der Waals surface area contributed by atoms with E-state index in [0.29, 0.717) is 0 Å². The van der Waals surface area contributed by atoms with E-state index in [1.807, 2.05) is 0 Å². The summed E-state index contributed by atoms with van der Waals surface area (Å²) < 4.78 is 0. The highest BCUT2D eigenvalue weighted by molar-refractivity contribution is 5.66. The number of piperidine rings is 2. The van der Waals surface area contributed by atoms with Crippen LogP contribution in [0.25, 0.3) is 0 Å². The summed E-state index contributed by atoms with van der Waals surface area (Å²) in [6.45, 7) is 0. The van der Waals surface area contributed by atoms with Crippen LogP contribution in [0.5, 0.6) is 0 Å². The molecule has 13 heavy (non-hydrogen) atoms. The normalized spacial score (nSPS) is 38.8. The van der Waals surface area contributed by atoms with E-state index in [9.17, 15) is 4.79 Å². The van der Waals surface area contributed by atoms with Crippen LogP contribution in [-0.2, 0) is 0 Å². The Labute approximate surface area is 77.7 Å². The quantitative estimate of drug-likeness (QED) is 0.590. The predicted molar refractivity (Wildman–Crippen MR) is 48.5 cm³/mol. The molecule has 2 bridgehead atoms. The highest BCUT2D eigenvalue weighted by Crippen LogP contribution is 2.33. The zero-order valence-electron chi connectivity index (χ0n) is 7.65. The van der Waals surface area contributed by atoms with Gasteiger partial charge in [0.1, 0.15) is 0 Å². The van der Waals surface area contributed by atoms with E-state index in [1.54, 1.807) is 4.90 Å². The molecule has 74 valence electrons. The maximum absolute atomic E-state index is 11.0. The number of hydrogen-bond acceptors (Lipinski definition) is 2. The van der Waals surface area contributed by atoms with E-state index in [1.165, 1.54) is 0 Å². The second-order valence-corrected chi connectivity index (χ2v) is 4.16. The molecular formula is C9H16N2O2. The van der Waals surface area contributed by atoms with Crippen molar-refractivity contribution in [3.8, 4) is 0 Å². The van der Waals surface area contributed by atoms with E-state index in [2.05, 4.69) is 0 Å². The first kappa shape index (κ1) is 8.81. The molecule has 2 heterocycles. The summed E-state index contributed by atoms with van der Waals surface area (Å²) in [7, 11) is 0. The molecule has 0 aliphatic carbocycles. The van der Waals surface area contributed by atoms with Gasteiger partial charge < -0.3 is 15.7 Å². The summed E-state index contributed by atoms with van der Waals surface area (Å²) in [6, 6.07) is 0.603. The first-order chi connectivity index (χ1) is 6.18. The second kappa shape index (κ2) is 3.18. The Morgan fingerprint density at radius 3 is 2.31 bits per heavy atom. The predicted octanol–water partition coefficient (Wildman–Crippen LogP) is 1.01. The van der Waals surface area contributed by atoms with Crippen molar-refractivity contribution < 1.29 is 9.90 Å². The van der Waals surface area contributed by atoms with Gasteiger partial charge >= 0.3 is 6.09 Å². The molecule has 4 nitrogen and oxygen atoms in total. The number of carbonyl (C=O) groups is 1. The van der Waals surface area contributed by atoms with Crippen molar-refractivity contribution in [3.05, 3.63) is 0 Å². The number of carboxylic acid groups (broad SMARTS) is 1. The van der Waals surface area contributed by atoms with Crippen molar-refractivity contribution in [2.45, 2.75) is 50.2 Å². The zero-order chi connectivity index (χ0) is 9.42. The van der Waals surface area contributed by atoms with E-state index >= 15 is 0 Å². The van der Waals surface area contributed by atoms with E-state index < -0.39 is 6.09 Å². The summed E-state index contributed by atoms with van der Waals surface area (Å²) in [4.78, 5) is 12.6. The van der Waals surface area contributed by atoms with Crippen LogP contribution in [0.2, 0.25) is 0 Å². The van der Waals surface area contributed by atoms with Gasteiger partial charge in [0.2, 0.25) is 0 Å². The lowest BCUT2D eigenvalue weighted by Crippen LogP contribution is -2.57. The molecule has 0 saturated carbocycles. The van der Waals surface area contributed by atoms with Gasteiger partial charge in [0.05, 0.1) is 0 Å². The van der Waals surface area contributed by atoms with E-state index in [0.717, 1.165) is 32.1 Å². The molecule has 3 atom stereocenters. The summed E-state index contributed by atoms with van der Waals surface area (Å²) in [6.07, 6.45) is 4.09. The SMILES string of the molecule is N[C@H]1C[C@H]2CCC[C@@H](C1)N2C(=O)O. The van der Waals surface area contributed by atoms with Crippen LogP contribution in [0, 0.1) is 0 Å². The lowest BCUT2D eigenvalue weighted by molar-refractivity contribution is 0.0360. The molecule has 3 N–H and O–H groups in total. The summed E-state index contributed by atoms with van der Waals surface area (Å²) in [5, 5.41) is 9.02. The van der Waals surface area contributed by atoms with Gasteiger partial charge in [0.15, 0.2) is 0 Å². The van der Waals surface area contributed by atoms with Gasteiger partial charge in [-0.05, 0) is 32.1 Å². The molecule has 2 aliphatic rings. The molecule has 0 spiro atoms. The monoisotopic (exact) mass is 184 g/mol. The topological polar surface area (TPSA) is 66.6 Å². The minimum absolute atomic E-state index is 0.194. The molecule has 2 rings (SSSR count). The molecule has 0 aromatic heterocycles. The highest BCUT2D eigenvalue weighted by atomic mass is 16.4. The maximum Gasteiger partial charge on any atom is 0.407 e. The van der Waals surface area contributed by atoms with Gasteiger partial charge in [-0.1, -0.05) is 0 Å². The first-order valence-electron chi connectivity index (χ1n) is 4.95. The fourth-order valence-corrected chi connectivity index (χ4v) is 2.74. The average molecular weight is 184 g/mol. The van der Waals surface area contributed by atoms with Crippen molar-refractivity contribution >= 4 is 6.09 Å². The molecule has 2 aliphatic heterocycles. The van der Waals surface area contributed by atoms with Crippen molar-refractivity contribution in [3.63, 3.8) is 0 Å². The Morgan fingerprint density at radius 1 is 1.31 bits per heavy atom. The first-order valence-corrected chi connectivity index (χ1v) is 4.95. The largest absolute Gasteiger partial charge is 0.465 e.